The molecule has 2 N–H and O–H groups in total. The largest absolute Gasteiger partial charge is 0.495 e. The Morgan fingerprint density at radius 1 is 1.55 bits per heavy atom. The van der Waals surface area contributed by atoms with Crippen molar-refractivity contribution in [3.63, 3.8) is 0 Å². The van der Waals surface area contributed by atoms with Gasteiger partial charge in [-0.15, -0.1) is 0 Å². The maximum atomic E-state index is 13.8. The molecule has 1 aliphatic rings. The summed E-state index contributed by atoms with van der Waals surface area (Å²) in [4.78, 5) is 0. The zero-order valence-corrected chi connectivity index (χ0v) is 12.5. The Hall–Kier alpha value is -1.15. The highest BCUT2D eigenvalue weighted by molar-refractivity contribution is 7.80. The molecule has 0 spiro atoms. The first-order valence-corrected chi connectivity index (χ1v) is 6.83. The lowest BCUT2D eigenvalue weighted by Gasteiger charge is -2.24. The number of nitrogens with zero attached hydrogens (tertiary/aromatic N) is 1. The monoisotopic (exact) mass is 319 g/mol. The van der Waals surface area contributed by atoms with Crippen molar-refractivity contribution in [3.05, 3.63) is 23.0 Å². The standard InChI is InChI=1S/C12H15ClFN3O2S/c1-18-11-7-10(9(14)6-8(11)13)16-12(20)17-3-5-19-4-2-15-17/h6-7,15H,2-5H2,1H3,(H,16,20). The fourth-order valence-corrected chi connectivity index (χ4v) is 2.22. The van der Waals surface area contributed by atoms with Gasteiger partial charge in [-0.1, -0.05) is 11.6 Å². The molecule has 0 radical (unpaired) electrons. The highest BCUT2D eigenvalue weighted by Gasteiger charge is 2.15. The molecule has 0 unspecified atom stereocenters. The molecule has 110 valence electrons. The van der Waals surface area contributed by atoms with Crippen LogP contribution in [0.4, 0.5) is 10.1 Å². The normalized spacial score (nSPS) is 15.7. The van der Waals surface area contributed by atoms with Crippen LogP contribution in [-0.2, 0) is 4.74 Å². The summed E-state index contributed by atoms with van der Waals surface area (Å²) in [5.41, 5.74) is 3.30. The Balaban J connectivity index is 2.10. The zero-order valence-electron chi connectivity index (χ0n) is 10.9. The maximum Gasteiger partial charge on any atom is 0.188 e. The average molecular weight is 320 g/mol. The molecule has 1 aliphatic heterocycles. The molecule has 1 aromatic carbocycles. The Labute approximate surface area is 126 Å². The van der Waals surface area contributed by atoms with Crippen LogP contribution in [0.25, 0.3) is 0 Å². The predicted octanol–water partition coefficient (Wildman–Crippen LogP) is 2.02. The lowest BCUT2D eigenvalue weighted by molar-refractivity contribution is 0.153. The number of methoxy groups -OCH3 is 1. The Morgan fingerprint density at radius 2 is 2.35 bits per heavy atom. The minimum Gasteiger partial charge on any atom is -0.495 e. The van der Waals surface area contributed by atoms with E-state index in [1.165, 1.54) is 19.2 Å². The van der Waals surface area contributed by atoms with Crippen molar-refractivity contribution in [1.82, 2.24) is 10.4 Å². The molecule has 1 saturated heterocycles. The van der Waals surface area contributed by atoms with E-state index in [1.807, 2.05) is 0 Å². The van der Waals surface area contributed by atoms with Gasteiger partial charge in [0.05, 0.1) is 37.6 Å². The van der Waals surface area contributed by atoms with Crippen LogP contribution in [-0.4, -0.2) is 43.5 Å². The molecular weight excluding hydrogens is 305 g/mol. The second-order valence-corrected chi connectivity index (χ2v) is 4.86. The van der Waals surface area contributed by atoms with Crippen LogP contribution in [0.3, 0.4) is 0 Å². The molecule has 8 heteroatoms. The Morgan fingerprint density at radius 3 is 3.10 bits per heavy atom. The predicted molar refractivity (Wildman–Crippen MR) is 79.7 cm³/mol. The number of nitrogens with one attached hydrogen (secondary N) is 2. The van der Waals surface area contributed by atoms with Gasteiger partial charge in [-0.25, -0.2) is 9.82 Å². The number of hydrazine groups is 1. The van der Waals surface area contributed by atoms with Crippen LogP contribution >= 0.6 is 23.8 Å². The summed E-state index contributed by atoms with van der Waals surface area (Å²) in [5.74, 6) is -0.116. The summed E-state index contributed by atoms with van der Waals surface area (Å²) in [6.45, 7) is 2.40. The average Bonchev–Trinajstić information content (AvgIpc) is 2.70. The highest BCUT2D eigenvalue weighted by Crippen LogP contribution is 2.30. The van der Waals surface area contributed by atoms with Gasteiger partial charge in [0.25, 0.3) is 0 Å². The van der Waals surface area contributed by atoms with Crippen LogP contribution in [0.2, 0.25) is 5.02 Å². The first-order chi connectivity index (χ1) is 9.61. The highest BCUT2D eigenvalue weighted by atomic mass is 35.5. The van der Waals surface area contributed by atoms with Crippen molar-refractivity contribution in [3.8, 4) is 5.75 Å². The van der Waals surface area contributed by atoms with Crippen molar-refractivity contribution < 1.29 is 13.9 Å². The van der Waals surface area contributed by atoms with Crippen molar-refractivity contribution in [2.24, 2.45) is 0 Å². The molecular formula is C12H15ClFN3O2S. The smallest absolute Gasteiger partial charge is 0.188 e. The van der Waals surface area contributed by atoms with Crippen molar-refractivity contribution in [2.45, 2.75) is 0 Å². The van der Waals surface area contributed by atoms with E-state index in [2.05, 4.69) is 10.7 Å². The third kappa shape index (κ3) is 3.69. The third-order valence-corrected chi connectivity index (χ3v) is 3.35. The molecule has 1 aromatic rings. The summed E-state index contributed by atoms with van der Waals surface area (Å²) in [6.07, 6.45) is 0. The van der Waals surface area contributed by atoms with Gasteiger partial charge in [0.2, 0.25) is 0 Å². The molecule has 1 fully saturated rings. The van der Waals surface area contributed by atoms with Crippen molar-refractivity contribution in [1.29, 1.82) is 0 Å². The van der Waals surface area contributed by atoms with Gasteiger partial charge < -0.3 is 14.8 Å². The van der Waals surface area contributed by atoms with Crippen LogP contribution in [0.5, 0.6) is 5.75 Å². The first kappa shape index (κ1) is 15.2. The van der Waals surface area contributed by atoms with Gasteiger partial charge in [0, 0.05) is 12.6 Å². The van der Waals surface area contributed by atoms with E-state index in [-0.39, 0.29) is 10.7 Å². The van der Waals surface area contributed by atoms with E-state index < -0.39 is 5.82 Å². The minimum absolute atomic E-state index is 0.211. The van der Waals surface area contributed by atoms with Crippen LogP contribution in [0.1, 0.15) is 0 Å². The minimum atomic E-state index is -0.496. The Kier molecular flexibility index (Phi) is 5.36. The zero-order chi connectivity index (χ0) is 14.5. The van der Waals surface area contributed by atoms with E-state index in [0.29, 0.717) is 37.2 Å². The number of rotatable bonds is 2. The number of thiocarbonyl (C=S) groups is 1. The topological polar surface area (TPSA) is 45.8 Å². The van der Waals surface area contributed by atoms with Gasteiger partial charge in [0.15, 0.2) is 5.11 Å². The molecule has 0 atom stereocenters. The number of ether oxygens (including phenoxy) is 2. The van der Waals surface area contributed by atoms with Crippen molar-refractivity contribution in [2.75, 3.05) is 38.7 Å². The third-order valence-electron chi connectivity index (χ3n) is 2.74. The first-order valence-electron chi connectivity index (χ1n) is 6.04. The number of hydrogen-bond acceptors (Lipinski definition) is 4. The molecule has 0 aromatic heterocycles. The fraction of sp³-hybridized carbons (Fsp3) is 0.417. The molecule has 5 nitrogen and oxygen atoms in total. The second kappa shape index (κ2) is 7.03. The van der Waals surface area contributed by atoms with Gasteiger partial charge in [-0.05, 0) is 18.3 Å². The maximum absolute atomic E-state index is 13.8. The number of benzene rings is 1. The second-order valence-electron chi connectivity index (χ2n) is 4.07. The molecule has 0 aliphatic carbocycles. The van der Waals surface area contributed by atoms with Gasteiger partial charge in [-0.3, -0.25) is 5.01 Å². The lowest BCUT2D eigenvalue weighted by Crippen LogP contribution is -2.45. The molecule has 1 heterocycles. The molecule has 2 rings (SSSR count). The number of anilines is 1. The lowest BCUT2D eigenvalue weighted by atomic mass is 10.3. The van der Waals surface area contributed by atoms with E-state index in [4.69, 9.17) is 33.3 Å². The number of hydrogen-bond donors (Lipinski definition) is 2. The van der Waals surface area contributed by atoms with Gasteiger partial charge in [0.1, 0.15) is 11.6 Å². The van der Waals surface area contributed by atoms with E-state index in [9.17, 15) is 4.39 Å². The van der Waals surface area contributed by atoms with Gasteiger partial charge in [-0.2, -0.15) is 0 Å². The van der Waals surface area contributed by atoms with E-state index >= 15 is 0 Å². The molecule has 0 bridgehead atoms. The molecule has 20 heavy (non-hydrogen) atoms. The SMILES string of the molecule is COc1cc(NC(=S)N2CCOCCN2)c(F)cc1Cl. The van der Waals surface area contributed by atoms with Crippen molar-refractivity contribution >= 4 is 34.6 Å². The van der Waals surface area contributed by atoms with Crippen LogP contribution < -0.4 is 15.5 Å². The summed E-state index contributed by atoms with van der Waals surface area (Å²) in [5, 5.41) is 5.12. The van der Waals surface area contributed by atoms with E-state index in [1.54, 1.807) is 5.01 Å². The molecule has 0 saturated carbocycles. The summed E-state index contributed by atoms with van der Waals surface area (Å²) < 4.78 is 24.2. The molecule has 0 amide bonds. The number of halogens is 2. The summed E-state index contributed by atoms with van der Waals surface area (Å²) >= 11 is 11.1. The fourth-order valence-electron chi connectivity index (χ4n) is 1.73. The Bertz CT molecular complexity index is 496. The van der Waals surface area contributed by atoms with Gasteiger partial charge >= 0.3 is 0 Å². The quantitative estimate of drug-likeness (QED) is 0.813. The summed E-state index contributed by atoms with van der Waals surface area (Å²) in [7, 11) is 1.47. The van der Waals surface area contributed by atoms with Crippen LogP contribution in [0, 0.1) is 5.82 Å². The van der Waals surface area contributed by atoms with E-state index in [0.717, 1.165) is 0 Å². The van der Waals surface area contributed by atoms with Crippen LogP contribution in [0.15, 0.2) is 12.1 Å². The summed E-state index contributed by atoms with van der Waals surface area (Å²) in [6, 6.07) is 2.66.